The van der Waals surface area contributed by atoms with E-state index < -0.39 is 5.82 Å². The number of nitrogens with one attached hydrogen (secondary N) is 1. The van der Waals surface area contributed by atoms with E-state index >= 15 is 0 Å². The minimum absolute atomic E-state index is 0.0237. The number of amides is 2. The van der Waals surface area contributed by atoms with E-state index in [2.05, 4.69) is 5.32 Å². The molecule has 3 rings (SSSR count). The summed E-state index contributed by atoms with van der Waals surface area (Å²) in [5.74, 6) is -0.297. The molecule has 0 radical (unpaired) electrons. The first kappa shape index (κ1) is 14.0. The maximum absolute atomic E-state index is 13.2. The lowest BCUT2D eigenvalue weighted by Gasteiger charge is -2.26. The van der Waals surface area contributed by atoms with Gasteiger partial charge >= 0.3 is 0 Å². The summed E-state index contributed by atoms with van der Waals surface area (Å²) in [6.45, 7) is 1.11. The van der Waals surface area contributed by atoms with Crippen LogP contribution in [0, 0.1) is 11.7 Å². The van der Waals surface area contributed by atoms with Crippen LogP contribution in [0.3, 0.4) is 0 Å². The Morgan fingerprint density at radius 2 is 2.05 bits per heavy atom. The van der Waals surface area contributed by atoms with Crippen molar-refractivity contribution in [2.45, 2.75) is 31.7 Å². The first-order valence-electron chi connectivity index (χ1n) is 7.49. The lowest BCUT2D eigenvalue weighted by atomic mass is 9.84. The van der Waals surface area contributed by atoms with Gasteiger partial charge in [-0.2, -0.15) is 0 Å². The zero-order chi connectivity index (χ0) is 14.8. The van der Waals surface area contributed by atoms with Crippen molar-refractivity contribution >= 4 is 11.8 Å². The summed E-state index contributed by atoms with van der Waals surface area (Å²) in [4.78, 5) is 25.9. The molecular formula is C16H19FN2O2. The summed E-state index contributed by atoms with van der Waals surface area (Å²) in [7, 11) is 0. The van der Waals surface area contributed by atoms with Crippen molar-refractivity contribution in [3.05, 3.63) is 35.6 Å². The third-order valence-corrected chi connectivity index (χ3v) is 4.37. The first-order valence-corrected chi connectivity index (χ1v) is 7.49. The van der Waals surface area contributed by atoms with Gasteiger partial charge in [0.1, 0.15) is 5.82 Å². The minimum Gasteiger partial charge on any atom is -0.351 e. The van der Waals surface area contributed by atoms with Crippen molar-refractivity contribution in [1.29, 1.82) is 0 Å². The number of carbonyl (C=O) groups is 2. The summed E-state index contributed by atoms with van der Waals surface area (Å²) in [6.07, 6.45) is 3.85. The Morgan fingerprint density at radius 3 is 2.71 bits per heavy atom. The molecule has 21 heavy (non-hydrogen) atoms. The van der Waals surface area contributed by atoms with E-state index in [0.717, 1.165) is 25.7 Å². The quantitative estimate of drug-likeness (QED) is 0.925. The van der Waals surface area contributed by atoms with E-state index in [9.17, 15) is 14.0 Å². The Balaban J connectivity index is 1.56. The Hall–Kier alpha value is -1.91. The van der Waals surface area contributed by atoms with Crippen molar-refractivity contribution < 1.29 is 14.0 Å². The van der Waals surface area contributed by atoms with Crippen LogP contribution in [0.2, 0.25) is 0 Å². The number of carbonyl (C=O) groups excluding carboxylic acids is 2. The highest BCUT2D eigenvalue weighted by molar-refractivity contribution is 5.94. The lowest BCUT2D eigenvalue weighted by Crippen LogP contribution is -2.43. The molecular weight excluding hydrogens is 271 g/mol. The molecule has 0 spiro atoms. The van der Waals surface area contributed by atoms with E-state index in [4.69, 9.17) is 0 Å². The van der Waals surface area contributed by atoms with E-state index in [1.807, 2.05) is 0 Å². The van der Waals surface area contributed by atoms with Gasteiger partial charge in [0.25, 0.3) is 5.91 Å². The number of hydrogen-bond donors (Lipinski definition) is 1. The molecule has 1 aliphatic carbocycles. The Labute approximate surface area is 123 Å². The van der Waals surface area contributed by atoms with Gasteiger partial charge < -0.3 is 10.2 Å². The summed E-state index contributed by atoms with van der Waals surface area (Å²) < 4.78 is 13.2. The van der Waals surface area contributed by atoms with Crippen molar-refractivity contribution in [2.75, 3.05) is 13.1 Å². The van der Waals surface area contributed by atoms with Gasteiger partial charge in [0.05, 0.1) is 0 Å². The third kappa shape index (κ3) is 3.06. The molecule has 2 aliphatic rings. The fourth-order valence-corrected chi connectivity index (χ4v) is 2.86. The number of likely N-dealkylation sites (tertiary alicyclic amines) is 1. The van der Waals surface area contributed by atoms with Gasteiger partial charge in [-0.05, 0) is 37.5 Å². The highest BCUT2D eigenvalue weighted by Gasteiger charge is 2.31. The third-order valence-electron chi connectivity index (χ3n) is 4.37. The summed E-state index contributed by atoms with van der Waals surface area (Å²) in [5, 5.41) is 3.02. The fraction of sp³-hybridized carbons (Fsp3) is 0.500. The van der Waals surface area contributed by atoms with Crippen LogP contribution in [0.1, 0.15) is 36.0 Å². The number of benzene rings is 1. The van der Waals surface area contributed by atoms with Crippen LogP contribution in [0.5, 0.6) is 0 Å². The Bertz CT molecular complexity index is 557. The van der Waals surface area contributed by atoms with Crippen LogP contribution in [0.15, 0.2) is 24.3 Å². The normalized spacial score (nSPS) is 22.0. The zero-order valence-electron chi connectivity index (χ0n) is 11.8. The zero-order valence-corrected chi connectivity index (χ0v) is 11.8. The number of halogens is 1. The maximum atomic E-state index is 13.2. The summed E-state index contributed by atoms with van der Waals surface area (Å²) in [6, 6.07) is 5.75. The minimum atomic E-state index is -0.408. The molecule has 0 bridgehead atoms. The predicted octanol–water partition coefficient (Wildman–Crippen LogP) is 1.96. The van der Waals surface area contributed by atoms with E-state index in [-0.39, 0.29) is 23.8 Å². The van der Waals surface area contributed by atoms with Gasteiger partial charge in [0, 0.05) is 30.6 Å². The predicted molar refractivity (Wildman–Crippen MR) is 76.2 cm³/mol. The van der Waals surface area contributed by atoms with Crippen LogP contribution in [-0.4, -0.2) is 35.8 Å². The van der Waals surface area contributed by atoms with Crippen molar-refractivity contribution in [2.24, 2.45) is 5.92 Å². The van der Waals surface area contributed by atoms with E-state index in [1.165, 1.54) is 18.2 Å². The van der Waals surface area contributed by atoms with Crippen LogP contribution in [0.4, 0.5) is 4.39 Å². The number of nitrogens with zero attached hydrogens (tertiary/aromatic N) is 1. The van der Waals surface area contributed by atoms with Crippen LogP contribution < -0.4 is 5.32 Å². The molecule has 112 valence electrons. The summed E-state index contributed by atoms with van der Waals surface area (Å²) >= 11 is 0. The molecule has 1 saturated carbocycles. The Morgan fingerprint density at radius 1 is 1.24 bits per heavy atom. The SMILES string of the molecule is O=C(N[C@H]1CCN(C(=O)c2cccc(F)c2)C1)C1CCC1. The van der Waals surface area contributed by atoms with E-state index in [1.54, 1.807) is 11.0 Å². The van der Waals surface area contributed by atoms with Gasteiger partial charge in [0.2, 0.25) is 5.91 Å². The van der Waals surface area contributed by atoms with E-state index in [0.29, 0.717) is 18.7 Å². The molecule has 1 aromatic carbocycles. The van der Waals surface area contributed by atoms with Gasteiger partial charge in [-0.3, -0.25) is 9.59 Å². The second-order valence-electron chi connectivity index (χ2n) is 5.88. The Kier molecular flexibility index (Phi) is 3.90. The van der Waals surface area contributed by atoms with Crippen molar-refractivity contribution in [3.8, 4) is 0 Å². The molecule has 1 heterocycles. The fourth-order valence-electron chi connectivity index (χ4n) is 2.86. The largest absolute Gasteiger partial charge is 0.351 e. The lowest BCUT2D eigenvalue weighted by molar-refractivity contribution is -0.128. The second kappa shape index (κ2) is 5.84. The topological polar surface area (TPSA) is 49.4 Å². The second-order valence-corrected chi connectivity index (χ2v) is 5.88. The monoisotopic (exact) mass is 290 g/mol. The van der Waals surface area contributed by atoms with Gasteiger partial charge in [0.15, 0.2) is 0 Å². The highest BCUT2D eigenvalue weighted by Crippen LogP contribution is 2.26. The smallest absolute Gasteiger partial charge is 0.254 e. The molecule has 1 atom stereocenters. The summed E-state index contributed by atoms with van der Waals surface area (Å²) in [5.41, 5.74) is 0.362. The molecule has 4 nitrogen and oxygen atoms in total. The number of hydrogen-bond acceptors (Lipinski definition) is 2. The molecule has 1 N–H and O–H groups in total. The van der Waals surface area contributed by atoms with Crippen molar-refractivity contribution in [3.63, 3.8) is 0 Å². The average molecular weight is 290 g/mol. The molecule has 1 aromatic rings. The molecule has 0 aromatic heterocycles. The van der Waals surface area contributed by atoms with Crippen LogP contribution in [0.25, 0.3) is 0 Å². The highest BCUT2D eigenvalue weighted by atomic mass is 19.1. The number of rotatable bonds is 3. The van der Waals surface area contributed by atoms with Gasteiger partial charge in [-0.1, -0.05) is 12.5 Å². The molecule has 1 saturated heterocycles. The van der Waals surface area contributed by atoms with Crippen LogP contribution in [-0.2, 0) is 4.79 Å². The average Bonchev–Trinajstić information content (AvgIpc) is 2.84. The molecule has 5 heteroatoms. The van der Waals surface area contributed by atoms with Gasteiger partial charge in [-0.25, -0.2) is 4.39 Å². The van der Waals surface area contributed by atoms with Crippen molar-refractivity contribution in [1.82, 2.24) is 10.2 Å². The molecule has 1 aliphatic heterocycles. The molecule has 2 amide bonds. The standard InChI is InChI=1S/C16H19FN2O2/c17-13-6-2-5-12(9-13)16(21)19-8-7-14(10-19)18-15(20)11-3-1-4-11/h2,5-6,9,11,14H,1,3-4,7-8,10H2,(H,18,20)/t14-/m0/s1. The van der Waals surface area contributed by atoms with Gasteiger partial charge in [-0.15, -0.1) is 0 Å². The maximum Gasteiger partial charge on any atom is 0.254 e. The molecule has 2 fully saturated rings. The molecule has 0 unspecified atom stereocenters. The first-order chi connectivity index (χ1) is 10.1. The van der Waals surface area contributed by atoms with Crippen LogP contribution >= 0.6 is 0 Å².